The van der Waals surface area contributed by atoms with Crippen LogP contribution in [0.25, 0.3) is 0 Å². The number of nitrogens with zero attached hydrogens (tertiary/aromatic N) is 1. The molecule has 0 aliphatic rings. The number of hydrogen-bond acceptors (Lipinski definition) is 3. The summed E-state index contributed by atoms with van der Waals surface area (Å²) in [6, 6.07) is 1.48. The van der Waals surface area contributed by atoms with E-state index in [1.807, 2.05) is 0 Å². The second kappa shape index (κ2) is 4.62. The molecule has 0 radical (unpaired) electrons. The van der Waals surface area contributed by atoms with Crippen molar-refractivity contribution in [1.82, 2.24) is 10.3 Å². The minimum atomic E-state index is -0.310. The van der Waals surface area contributed by atoms with E-state index >= 15 is 0 Å². The molecule has 1 aromatic heterocycles. The quantitative estimate of drug-likeness (QED) is 0.584. The topological polar surface area (TPSA) is 68.0 Å². The van der Waals surface area contributed by atoms with E-state index < -0.39 is 0 Å². The first-order valence-corrected chi connectivity index (χ1v) is 4.33. The van der Waals surface area contributed by atoms with Crippen molar-refractivity contribution < 1.29 is 4.79 Å². The summed E-state index contributed by atoms with van der Waals surface area (Å²) >= 11 is 5.72. The van der Waals surface area contributed by atoms with E-state index in [-0.39, 0.29) is 16.6 Å². The van der Waals surface area contributed by atoms with Gasteiger partial charge in [0.2, 0.25) is 0 Å². The van der Waals surface area contributed by atoms with Gasteiger partial charge in [0.1, 0.15) is 5.15 Å². The Kier molecular flexibility index (Phi) is 3.48. The largest absolute Gasteiger partial charge is 0.397 e. The van der Waals surface area contributed by atoms with E-state index in [2.05, 4.69) is 16.9 Å². The standard InChI is InChI=1S/C9H10ClN3O/c1-2-3-12-9(14)7-4-6(11)5-13-8(7)10/h2,4-5H,1,3,11H2,(H,12,14). The molecule has 1 amide bonds. The highest BCUT2D eigenvalue weighted by Crippen LogP contribution is 2.14. The van der Waals surface area contributed by atoms with Crippen molar-refractivity contribution in [3.05, 3.63) is 35.6 Å². The zero-order valence-corrected chi connectivity index (χ0v) is 8.21. The second-order valence-corrected chi connectivity index (χ2v) is 2.96. The van der Waals surface area contributed by atoms with Crippen LogP contribution in [0.3, 0.4) is 0 Å². The molecule has 74 valence electrons. The molecule has 14 heavy (non-hydrogen) atoms. The Bertz CT molecular complexity index is 365. The van der Waals surface area contributed by atoms with Crippen LogP contribution in [-0.4, -0.2) is 17.4 Å². The molecular weight excluding hydrogens is 202 g/mol. The molecule has 4 nitrogen and oxygen atoms in total. The lowest BCUT2D eigenvalue weighted by atomic mass is 10.2. The maximum atomic E-state index is 11.4. The second-order valence-electron chi connectivity index (χ2n) is 2.61. The minimum Gasteiger partial charge on any atom is -0.397 e. The molecule has 0 saturated carbocycles. The van der Waals surface area contributed by atoms with Crippen molar-refractivity contribution in [3.63, 3.8) is 0 Å². The number of nitrogens with two attached hydrogens (primary N) is 1. The number of rotatable bonds is 3. The summed E-state index contributed by atoms with van der Waals surface area (Å²) < 4.78 is 0. The molecule has 0 aromatic carbocycles. The van der Waals surface area contributed by atoms with E-state index in [1.165, 1.54) is 12.3 Å². The molecule has 0 bridgehead atoms. The third-order valence-electron chi connectivity index (χ3n) is 1.51. The van der Waals surface area contributed by atoms with Gasteiger partial charge < -0.3 is 11.1 Å². The third kappa shape index (κ3) is 2.47. The molecule has 0 aliphatic carbocycles. The lowest BCUT2D eigenvalue weighted by Gasteiger charge is -2.04. The summed E-state index contributed by atoms with van der Waals surface area (Å²) in [7, 11) is 0. The van der Waals surface area contributed by atoms with Crippen LogP contribution in [0.1, 0.15) is 10.4 Å². The predicted molar refractivity (Wildman–Crippen MR) is 56.2 cm³/mol. The average Bonchev–Trinajstić information content (AvgIpc) is 2.18. The first-order chi connectivity index (χ1) is 6.65. The Morgan fingerprint density at radius 3 is 3.14 bits per heavy atom. The first-order valence-electron chi connectivity index (χ1n) is 3.95. The molecule has 3 N–H and O–H groups in total. The predicted octanol–water partition coefficient (Wildman–Crippen LogP) is 1.23. The fourth-order valence-corrected chi connectivity index (χ4v) is 1.07. The van der Waals surface area contributed by atoms with Crippen LogP contribution in [0.2, 0.25) is 5.15 Å². The molecule has 0 saturated heterocycles. The SMILES string of the molecule is C=CCNC(=O)c1cc(N)cnc1Cl. The zero-order chi connectivity index (χ0) is 10.6. The van der Waals surface area contributed by atoms with Gasteiger partial charge in [-0.15, -0.1) is 6.58 Å². The number of nitrogen functional groups attached to an aromatic ring is 1. The summed E-state index contributed by atoms with van der Waals surface area (Å²) in [5.41, 5.74) is 6.15. The molecule has 0 aliphatic heterocycles. The van der Waals surface area contributed by atoms with E-state index in [1.54, 1.807) is 6.08 Å². The normalized spacial score (nSPS) is 9.50. The van der Waals surface area contributed by atoms with Gasteiger partial charge in [0.25, 0.3) is 5.91 Å². The fraction of sp³-hybridized carbons (Fsp3) is 0.111. The lowest BCUT2D eigenvalue weighted by molar-refractivity contribution is 0.0958. The third-order valence-corrected chi connectivity index (χ3v) is 1.81. The Morgan fingerprint density at radius 2 is 2.50 bits per heavy atom. The maximum Gasteiger partial charge on any atom is 0.254 e. The summed E-state index contributed by atoms with van der Waals surface area (Å²) in [5, 5.41) is 2.72. The van der Waals surface area contributed by atoms with Gasteiger partial charge in [-0.3, -0.25) is 4.79 Å². The fourth-order valence-electron chi connectivity index (χ4n) is 0.884. The van der Waals surface area contributed by atoms with Gasteiger partial charge in [0.15, 0.2) is 0 Å². The molecular formula is C9H10ClN3O. The Morgan fingerprint density at radius 1 is 1.79 bits per heavy atom. The summed E-state index contributed by atoms with van der Waals surface area (Å²) in [6.07, 6.45) is 2.97. The van der Waals surface area contributed by atoms with Crippen LogP contribution < -0.4 is 11.1 Å². The first kappa shape index (κ1) is 10.5. The maximum absolute atomic E-state index is 11.4. The number of aromatic nitrogens is 1. The summed E-state index contributed by atoms with van der Waals surface area (Å²) in [5.74, 6) is -0.310. The van der Waals surface area contributed by atoms with E-state index in [9.17, 15) is 4.79 Å². The van der Waals surface area contributed by atoms with Crippen molar-refractivity contribution in [2.24, 2.45) is 0 Å². The highest BCUT2D eigenvalue weighted by molar-refractivity contribution is 6.32. The number of carbonyl (C=O) groups excluding carboxylic acids is 1. The summed E-state index contributed by atoms with van der Waals surface area (Å²) in [6.45, 7) is 3.86. The van der Waals surface area contributed by atoms with Crippen molar-refractivity contribution >= 4 is 23.2 Å². The summed E-state index contributed by atoms with van der Waals surface area (Å²) in [4.78, 5) is 15.2. The highest BCUT2D eigenvalue weighted by Gasteiger charge is 2.10. The van der Waals surface area contributed by atoms with Gasteiger partial charge in [-0.05, 0) is 6.07 Å². The molecule has 5 heteroatoms. The van der Waals surface area contributed by atoms with E-state index in [0.717, 1.165) is 0 Å². The minimum absolute atomic E-state index is 0.140. The lowest BCUT2D eigenvalue weighted by Crippen LogP contribution is -2.23. The van der Waals surface area contributed by atoms with Crippen LogP contribution in [0.15, 0.2) is 24.9 Å². The van der Waals surface area contributed by atoms with Crippen molar-refractivity contribution in [2.75, 3.05) is 12.3 Å². The van der Waals surface area contributed by atoms with E-state index in [4.69, 9.17) is 17.3 Å². The van der Waals surface area contributed by atoms with Gasteiger partial charge in [-0.25, -0.2) is 4.98 Å². The van der Waals surface area contributed by atoms with Gasteiger partial charge in [0, 0.05) is 6.54 Å². The van der Waals surface area contributed by atoms with Crippen molar-refractivity contribution in [3.8, 4) is 0 Å². The Balaban J connectivity index is 2.88. The van der Waals surface area contributed by atoms with Crippen LogP contribution >= 0.6 is 11.6 Å². The monoisotopic (exact) mass is 211 g/mol. The van der Waals surface area contributed by atoms with Crippen molar-refractivity contribution in [1.29, 1.82) is 0 Å². The highest BCUT2D eigenvalue weighted by atomic mass is 35.5. The van der Waals surface area contributed by atoms with E-state index in [0.29, 0.717) is 12.2 Å². The molecule has 0 fully saturated rings. The zero-order valence-electron chi connectivity index (χ0n) is 7.46. The molecule has 1 rings (SSSR count). The molecule has 1 aromatic rings. The van der Waals surface area contributed by atoms with Crippen LogP contribution in [0, 0.1) is 0 Å². The van der Waals surface area contributed by atoms with Gasteiger partial charge in [-0.1, -0.05) is 17.7 Å². The van der Waals surface area contributed by atoms with Gasteiger partial charge in [0.05, 0.1) is 17.4 Å². The van der Waals surface area contributed by atoms with Crippen molar-refractivity contribution in [2.45, 2.75) is 0 Å². The Hall–Kier alpha value is -1.55. The number of pyridine rings is 1. The molecule has 0 unspecified atom stereocenters. The number of carbonyl (C=O) groups is 1. The van der Waals surface area contributed by atoms with Crippen LogP contribution in [0.5, 0.6) is 0 Å². The van der Waals surface area contributed by atoms with Crippen LogP contribution in [-0.2, 0) is 0 Å². The number of hydrogen-bond donors (Lipinski definition) is 2. The number of anilines is 1. The number of halogens is 1. The number of amides is 1. The van der Waals surface area contributed by atoms with Crippen LogP contribution in [0.4, 0.5) is 5.69 Å². The smallest absolute Gasteiger partial charge is 0.254 e. The molecule has 0 atom stereocenters. The van der Waals surface area contributed by atoms with Gasteiger partial charge >= 0.3 is 0 Å². The number of nitrogens with one attached hydrogen (secondary N) is 1. The Labute approximate surface area is 86.8 Å². The molecule has 0 spiro atoms. The average molecular weight is 212 g/mol. The molecule has 1 heterocycles. The van der Waals surface area contributed by atoms with Gasteiger partial charge in [-0.2, -0.15) is 0 Å².